The van der Waals surface area contributed by atoms with Gasteiger partial charge in [-0.1, -0.05) is 25.3 Å². The molecule has 122 valence electrons. The third-order valence-electron chi connectivity index (χ3n) is 3.75. The minimum absolute atomic E-state index is 0.0697. The largest absolute Gasteiger partial charge is 0.488 e. The van der Waals surface area contributed by atoms with Gasteiger partial charge in [-0.25, -0.2) is 9.18 Å². The Balaban J connectivity index is 1.80. The maximum atomic E-state index is 13.9. The van der Waals surface area contributed by atoms with Crippen molar-refractivity contribution >= 4 is 6.03 Å². The Hall–Kier alpha value is -1.78. The van der Waals surface area contributed by atoms with Crippen LogP contribution < -0.4 is 15.4 Å². The van der Waals surface area contributed by atoms with Gasteiger partial charge in [-0.15, -0.1) is 0 Å². The number of hydrogen-bond acceptors (Lipinski definition) is 2. The molecule has 0 bridgehead atoms. The first kappa shape index (κ1) is 16.6. The molecule has 0 unspecified atom stereocenters. The molecule has 2 rings (SSSR count). The van der Waals surface area contributed by atoms with Crippen LogP contribution in [0, 0.1) is 5.82 Å². The smallest absolute Gasteiger partial charge is 0.315 e. The number of amides is 2. The van der Waals surface area contributed by atoms with Crippen molar-refractivity contribution in [1.82, 2.24) is 10.6 Å². The normalized spacial score (nSPS) is 15.6. The Kier molecular flexibility index (Phi) is 6.04. The van der Waals surface area contributed by atoms with Crippen molar-refractivity contribution < 1.29 is 13.9 Å². The Morgan fingerprint density at radius 1 is 1.32 bits per heavy atom. The van der Waals surface area contributed by atoms with Gasteiger partial charge in [-0.2, -0.15) is 0 Å². The molecule has 1 aromatic rings. The zero-order valence-electron chi connectivity index (χ0n) is 13.3. The molecule has 1 aliphatic rings. The summed E-state index contributed by atoms with van der Waals surface area (Å²) in [4.78, 5) is 11.8. The molecule has 0 saturated heterocycles. The van der Waals surface area contributed by atoms with Crippen LogP contribution in [0.15, 0.2) is 18.2 Å². The topological polar surface area (TPSA) is 50.4 Å². The van der Waals surface area contributed by atoms with Gasteiger partial charge in [-0.3, -0.25) is 0 Å². The fourth-order valence-electron chi connectivity index (χ4n) is 2.67. The lowest BCUT2D eigenvalue weighted by Gasteiger charge is -2.22. The predicted octanol–water partition coefficient (Wildman–Crippen LogP) is 3.74. The van der Waals surface area contributed by atoms with E-state index in [4.69, 9.17) is 4.74 Å². The number of carbonyl (C=O) groups is 1. The molecule has 4 nitrogen and oxygen atoms in total. The highest BCUT2D eigenvalue weighted by Gasteiger charge is 2.15. The van der Waals surface area contributed by atoms with E-state index in [0.29, 0.717) is 12.1 Å². The first-order valence-electron chi connectivity index (χ1n) is 8.04. The Labute approximate surface area is 131 Å². The molecule has 0 radical (unpaired) electrons. The lowest BCUT2D eigenvalue weighted by Crippen LogP contribution is -2.42. The van der Waals surface area contributed by atoms with Crippen LogP contribution in [0.5, 0.6) is 5.75 Å². The van der Waals surface area contributed by atoms with Crippen LogP contribution in [0.25, 0.3) is 0 Å². The third-order valence-corrected chi connectivity index (χ3v) is 3.75. The van der Waals surface area contributed by atoms with Crippen LogP contribution in [-0.2, 0) is 6.54 Å². The van der Waals surface area contributed by atoms with Gasteiger partial charge in [0, 0.05) is 12.6 Å². The van der Waals surface area contributed by atoms with Crippen molar-refractivity contribution in [1.29, 1.82) is 0 Å². The number of rotatable bonds is 5. The maximum Gasteiger partial charge on any atom is 0.315 e. The molecular formula is C17H25FN2O2. The standard InChI is InChI=1S/C17H25FN2O2/c1-12(2)22-16-9-8-13(10-15(16)18)11-19-17(21)20-14-6-4-3-5-7-14/h8-10,12,14H,3-7,11H2,1-2H3,(H2,19,20,21). The summed E-state index contributed by atoms with van der Waals surface area (Å²) in [5, 5.41) is 5.75. The van der Waals surface area contributed by atoms with Crippen molar-refractivity contribution in [2.75, 3.05) is 0 Å². The molecule has 5 heteroatoms. The number of halogens is 1. The average Bonchev–Trinajstić information content (AvgIpc) is 2.48. The van der Waals surface area contributed by atoms with Crippen molar-refractivity contribution in [2.45, 2.75) is 64.6 Å². The van der Waals surface area contributed by atoms with E-state index < -0.39 is 5.82 Å². The molecule has 0 heterocycles. The van der Waals surface area contributed by atoms with Gasteiger partial charge in [0.25, 0.3) is 0 Å². The second-order valence-corrected chi connectivity index (χ2v) is 6.09. The molecule has 2 N–H and O–H groups in total. The van der Waals surface area contributed by atoms with E-state index in [2.05, 4.69) is 10.6 Å². The summed E-state index contributed by atoms with van der Waals surface area (Å²) < 4.78 is 19.2. The summed E-state index contributed by atoms with van der Waals surface area (Å²) in [5.74, 6) is -0.161. The Bertz CT molecular complexity index is 499. The lowest BCUT2D eigenvalue weighted by molar-refractivity contribution is 0.230. The highest BCUT2D eigenvalue weighted by atomic mass is 19.1. The molecule has 1 aromatic carbocycles. The highest BCUT2D eigenvalue weighted by molar-refractivity contribution is 5.74. The molecule has 0 aliphatic heterocycles. The van der Waals surface area contributed by atoms with Crippen LogP contribution in [0.2, 0.25) is 0 Å². The van der Waals surface area contributed by atoms with E-state index in [1.165, 1.54) is 25.3 Å². The summed E-state index contributed by atoms with van der Waals surface area (Å²) in [7, 11) is 0. The molecule has 0 aromatic heterocycles. The van der Waals surface area contributed by atoms with E-state index in [-0.39, 0.29) is 23.9 Å². The van der Waals surface area contributed by atoms with Crippen LogP contribution in [0.4, 0.5) is 9.18 Å². The number of carbonyl (C=O) groups excluding carboxylic acids is 1. The zero-order valence-corrected chi connectivity index (χ0v) is 13.3. The summed E-state index contributed by atoms with van der Waals surface area (Å²) in [6.07, 6.45) is 5.62. The monoisotopic (exact) mass is 308 g/mol. The van der Waals surface area contributed by atoms with Crippen LogP contribution in [0.3, 0.4) is 0 Å². The number of hydrogen-bond donors (Lipinski definition) is 2. The fraction of sp³-hybridized carbons (Fsp3) is 0.588. The predicted molar refractivity (Wildman–Crippen MR) is 84.4 cm³/mol. The minimum atomic E-state index is -0.402. The van der Waals surface area contributed by atoms with Crippen molar-refractivity contribution in [2.24, 2.45) is 0 Å². The lowest BCUT2D eigenvalue weighted by atomic mass is 9.96. The molecular weight excluding hydrogens is 283 g/mol. The Morgan fingerprint density at radius 2 is 2.05 bits per heavy atom. The fourth-order valence-corrected chi connectivity index (χ4v) is 2.67. The summed E-state index contributed by atoms with van der Waals surface area (Å²) in [5.41, 5.74) is 0.715. The summed E-state index contributed by atoms with van der Waals surface area (Å²) in [6.45, 7) is 4.01. The van der Waals surface area contributed by atoms with Gasteiger partial charge in [0.1, 0.15) is 0 Å². The highest BCUT2D eigenvalue weighted by Crippen LogP contribution is 2.20. The minimum Gasteiger partial charge on any atom is -0.488 e. The molecule has 1 aliphatic carbocycles. The summed E-state index contributed by atoms with van der Waals surface area (Å²) in [6, 6.07) is 4.85. The van der Waals surface area contributed by atoms with E-state index in [0.717, 1.165) is 12.8 Å². The van der Waals surface area contributed by atoms with E-state index in [1.807, 2.05) is 13.8 Å². The second kappa shape index (κ2) is 8.01. The van der Waals surface area contributed by atoms with Crippen LogP contribution in [0.1, 0.15) is 51.5 Å². The number of urea groups is 1. The maximum absolute atomic E-state index is 13.9. The third kappa shape index (κ3) is 5.20. The average molecular weight is 308 g/mol. The number of benzene rings is 1. The van der Waals surface area contributed by atoms with E-state index in [9.17, 15) is 9.18 Å². The summed E-state index contributed by atoms with van der Waals surface area (Å²) >= 11 is 0. The van der Waals surface area contributed by atoms with Gasteiger partial charge in [0.05, 0.1) is 6.10 Å². The van der Waals surface area contributed by atoms with Gasteiger partial charge >= 0.3 is 6.03 Å². The van der Waals surface area contributed by atoms with Crippen molar-refractivity contribution in [3.05, 3.63) is 29.6 Å². The molecule has 1 saturated carbocycles. The van der Waals surface area contributed by atoms with Crippen LogP contribution >= 0.6 is 0 Å². The first-order valence-corrected chi connectivity index (χ1v) is 8.04. The second-order valence-electron chi connectivity index (χ2n) is 6.09. The molecule has 0 atom stereocenters. The molecule has 2 amide bonds. The molecule has 0 spiro atoms. The number of nitrogens with one attached hydrogen (secondary N) is 2. The van der Waals surface area contributed by atoms with E-state index >= 15 is 0 Å². The van der Waals surface area contributed by atoms with Crippen molar-refractivity contribution in [3.63, 3.8) is 0 Å². The van der Waals surface area contributed by atoms with Crippen molar-refractivity contribution in [3.8, 4) is 5.75 Å². The van der Waals surface area contributed by atoms with Gasteiger partial charge in [0.2, 0.25) is 0 Å². The molecule has 22 heavy (non-hydrogen) atoms. The Morgan fingerprint density at radius 3 is 2.68 bits per heavy atom. The SMILES string of the molecule is CC(C)Oc1ccc(CNC(=O)NC2CCCCC2)cc1F. The first-order chi connectivity index (χ1) is 10.5. The van der Waals surface area contributed by atoms with E-state index in [1.54, 1.807) is 12.1 Å². The zero-order chi connectivity index (χ0) is 15.9. The van der Waals surface area contributed by atoms with Gasteiger partial charge in [0.15, 0.2) is 11.6 Å². The molecule has 1 fully saturated rings. The number of ether oxygens (including phenoxy) is 1. The van der Waals surface area contributed by atoms with Gasteiger partial charge < -0.3 is 15.4 Å². The quantitative estimate of drug-likeness (QED) is 0.870. The van der Waals surface area contributed by atoms with Crippen LogP contribution in [-0.4, -0.2) is 18.2 Å². The van der Waals surface area contributed by atoms with Gasteiger partial charge in [-0.05, 0) is 44.4 Å².